The van der Waals surface area contributed by atoms with Crippen molar-refractivity contribution in [3.8, 4) is 11.1 Å². The Morgan fingerprint density at radius 2 is 1.37 bits per heavy atom. The predicted octanol–water partition coefficient (Wildman–Crippen LogP) is 6.64. The van der Waals surface area contributed by atoms with Crippen LogP contribution in [0.25, 0.3) is 11.1 Å². The zero-order chi connectivity index (χ0) is 18.1. The van der Waals surface area contributed by atoms with E-state index in [2.05, 4.69) is 113 Å². The van der Waals surface area contributed by atoms with Crippen molar-refractivity contribution in [2.45, 2.75) is 6.42 Å². The first-order valence-corrected chi connectivity index (χ1v) is 9.29. The van der Waals surface area contributed by atoms with E-state index in [1.54, 1.807) is 0 Å². The largest absolute Gasteiger partial charge is 0.352 e. The van der Waals surface area contributed by atoms with Crippen molar-refractivity contribution in [1.29, 1.82) is 0 Å². The first-order chi connectivity index (χ1) is 13.4. The molecule has 0 saturated heterocycles. The highest BCUT2D eigenvalue weighted by Crippen LogP contribution is 2.42. The first-order valence-electron chi connectivity index (χ1n) is 9.29. The monoisotopic (exact) mass is 348 g/mol. The molecule has 1 N–H and O–H groups in total. The Morgan fingerprint density at radius 1 is 0.667 bits per heavy atom. The van der Waals surface area contributed by atoms with Gasteiger partial charge in [-0.1, -0.05) is 66.7 Å². The highest BCUT2D eigenvalue weighted by Gasteiger charge is 2.24. The number of fused-ring (bicyclic) bond motifs is 1. The number of anilines is 3. The summed E-state index contributed by atoms with van der Waals surface area (Å²) in [6.45, 7) is 0. The average molecular weight is 348 g/mol. The van der Waals surface area contributed by atoms with E-state index in [-0.39, 0.29) is 0 Å². The minimum Gasteiger partial charge on any atom is -0.352 e. The number of allylic oxidation sites excluding steroid dienone is 4. The highest BCUT2D eigenvalue weighted by molar-refractivity contribution is 5.86. The predicted molar refractivity (Wildman–Crippen MR) is 114 cm³/mol. The lowest BCUT2D eigenvalue weighted by molar-refractivity contribution is 1.15. The van der Waals surface area contributed by atoms with E-state index >= 15 is 0 Å². The number of benzene rings is 3. The average Bonchev–Trinajstić information content (AvgIpc) is 2.98. The van der Waals surface area contributed by atoms with E-state index < -0.39 is 0 Å². The Balaban J connectivity index is 1.62. The molecule has 0 spiro atoms. The van der Waals surface area contributed by atoms with Gasteiger partial charge in [0.15, 0.2) is 0 Å². The number of nitrogens with zero attached hydrogens (tertiary/aromatic N) is 1. The van der Waals surface area contributed by atoms with Gasteiger partial charge in [0.2, 0.25) is 0 Å². The van der Waals surface area contributed by atoms with Gasteiger partial charge in [-0.25, -0.2) is 0 Å². The second-order valence-corrected chi connectivity index (χ2v) is 6.73. The molecule has 1 heterocycles. The summed E-state index contributed by atoms with van der Waals surface area (Å²) in [7, 11) is 0. The van der Waals surface area contributed by atoms with E-state index in [4.69, 9.17) is 0 Å². The summed E-state index contributed by atoms with van der Waals surface area (Å²) in [6.07, 6.45) is 9.74. The third-order valence-corrected chi connectivity index (χ3v) is 5.00. The van der Waals surface area contributed by atoms with Gasteiger partial charge in [-0.2, -0.15) is 0 Å². The molecule has 27 heavy (non-hydrogen) atoms. The fourth-order valence-corrected chi connectivity index (χ4v) is 3.68. The second kappa shape index (κ2) is 6.65. The van der Waals surface area contributed by atoms with Gasteiger partial charge in [0, 0.05) is 5.69 Å². The van der Waals surface area contributed by atoms with Gasteiger partial charge in [0.1, 0.15) is 0 Å². The lowest BCUT2D eigenvalue weighted by Gasteiger charge is -2.34. The maximum absolute atomic E-state index is 3.58. The minimum absolute atomic E-state index is 0.950. The summed E-state index contributed by atoms with van der Waals surface area (Å²) >= 11 is 0. The smallest absolute Gasteiger partial charge is 0.0697 e. The van der Waals surface area contributed by atoms with Gasteiger partial charge in [-0.3, -0.25) is 0 Å². The van der Waals surface area contributed by atoms with E-state index in [0.29, 0.717) is 0 Å². The lowest BCUT2D eigenvalue weighted by atomic mass is 10.0. The summed E-state index contributed by atoms with van der Waals surface area (Å²) in [4.78, 5) is 2.34. The maximum atomic E-state index is 3.58. The van der Waals surface area contributed by atoms with Crippen LogP contribution in [0.15, 0.2) is 115 Å². The molecule has 0 unspecified atom stereocenters. The molecule has 0 saturated carbocycles. The molecule has 1 aliphatic heterocycles. The van der Waals surface area contributed by atoms with Gasteiger partial charge in [0.25, 0.3) is 0 Å². The van der Waals surface area contributed by atoms with Crippen LogP contribution in [0.3, 0.4) is 0 Å². The Morgan fingerprint density at radius 3 is 2.22 bits per heavy atom. The second-order valence-electron chi connectivity index (χ2n) is 6.73. The van der Waals surface area contributed by atoms with Crippen LogP contribution >= 0.6 is 0 Å². The standard InChI is InChI=1S/C25H20N2/c1-3-9-19(10-4-1)20-15-17-21(18-16-20)27-24-13-6-2-5-11-22(24)26-23-12-7-8-14-25(23)27/h1,3-18,26H,2H2. The molecule has 2 heteroatoms. The van der Waals surface area contributed by atoms with Crippen LogP contribution in [0.4, 0.5) is 17.1 Å². The zero-order valence-corrected chi connectivity index (χ0v) is 15.0. The van der Waals surface area contributed by atoms with Gasteiger partial charge < -0.3 is 10.2 Å². The molecule has 0 aromatic heterocycles. The van der Waals surface area contributed by atoms with E-state index in [0.717, 1.165) is 23.5 Å². The van der Waals surface area contributed by atoms with Gasteiger partial charge in [-0.15, -0.1) is 0 Å². The fraction of sp³-hybridized carbons (Fsp3) is 0.0400. The Labute approximate surface area is 159 Å². The third-order valence-electron chi connectivity index (χ3n) is 5.00. The van der Waals surface area contributed by atoms with Crippen LogP contribution in [0, 0.1) is 0 Å². The van der Waals surface area contributed by atoms with Crippen molar-refractivity contribution < 1.29 is 0 Å². The molecule has 0 fully saturated rings. The Bertz CT molecular complexity index is 1060. The first kappa shape index (κ1) is 15.7. The molecule has 130 valence electrons. The van der Waals surface area contributed by atoms with Crippen molar-refractivity contribution in [2.24, 2.45) is 0 Å². The molecular weight excluding hydrogens is 328 g/mol. The van der Waals surface area contributed by atoms with Crippen molar-refractivity contribution >= 4 is 17.1 Å². The Kier molecular flexibility index (Phi) is 3.87. The molecule has 3 aromatic rings. The number of hydrogen-bond donors (Lipinski definition) is 1. The summed E-state index contributed by atoms with van der Waals surface area (Å²) in [5.74, 6) is 0. The molecule has 0 bridgehead atoms. The van der Waals surface area contributed by atoms with Gasteiger partial charge >= 0.3 is 0 Å². The van der Waals surface area contributed by atoms with Crippen LogP contribution < -0.4 is 10.2 Å². The molecule has 2 nitrogen and oxygen atoms in total. The third kappa shape index (κ3) is 2.85. The molecular formula is C25H20N2. The lowest BCUT2D eigenvalue weighted by Crippen LogP contribution is -2.24. The van der Waals surface area contributed by atoms with Crippen molar-refractivity contribution in [3.63, 3.8) is 0 Å². The minimum atomic E-state index is 0.950. The molecule has 5 rings (SSSR count). The van der Waals surface area contributed by atoms with Gasteiger partial charge in [-0.05, 0) is 54.0 Å². The van der Waals surface area contributed by atoms with Crippen molar-refractivity contribution in [1.82, 2.24) is 0 Å². The normalized spacial score (nSPS) is 15.0. The summed E-state index contributed by atoms with van der Waals surface area (Å²) in [5.41, 5.74) is 8.24. The Hall–Kier alpha value is -3.52. The molecule has 3 aromatic carbocycles. The van der Waals surface area contributed by atoms with Crippen LogP contribution in [0.5, 0.6) is 0 Å². The van der Waals surface area contributed by atoms with Crippen LogP contribution in [0.1, 0.15) is 6.42 Å². The number of hydrogen-bond acceptors (Lipinski definition) is 2. The number of rotatable bonds is 2. The van der Waals surface area contributed by atoms with Crippen molar-refractivity contribution in [2.75, 3.05) is 10.2 Å². The fourth-order valence-electron chi connectivity index (χ4n) is 3.68. The topological polar surface area (TPSA) is 15.3 Å². The molecule has 0 atom stereocenters. The summed E-state index contributed by atoms with van der Waals surface area (Å²) < 4.78 is 0. The zero-order valence-electron chi connectivity index (χ0n) is 15.0. The van der Waals surface area contributed by atoms with E-state index in [1.165, 1.54) is 22.5 Å². The van der Waals surface area contributed by atoms with Crippen molar-refractivity contribution in [3.05, 3.63) is 115 Å². The quantitative estimate of drug-likeness (QED) is 0.558. The van der Waals surface area contributed by atoms with E-state index in [9.17, 15) is 0 Å². The van der Waals surface area contributed by atoms with Crippen LogP contribution in [-0.2, 0) is 0 Å². The summed E-state index contributed by atoms with van der Waals surface area (Å²) in [6, 6.07) is 27.8. The number of nitrogens with one attached hydrogen (secondary N) is 1. The molecule has 2 aliphatic rings. The molecule has 1 aliphatic carbocycles. The molecule has 0 radical (unpaired) electrons. The van der Waals surface area contributed by atoms with Crippen LogP contribution in [0.2, 0.25) is 0 Å². The molecule has 0 amide bonds. The summed E-state index contributed by atoms with van der Waals surface area (Å²) in [5, 5.41) is 3.58. The van der Waals surface area contributed by atoms with Gasteiger partial charge in [0.05, 0.1) is 22.8 Å². The van der Waals surface area contributed by atoms with Crippen LogP contribution in [-0.4, -0.2) is 0 Å². The highest BCUT2D eigenvalue weighted by atomic mass is 15.2. The SMILES string of the molecule is C1=CC2=C(C=CC1)N(c1ccc(-c3ccccc3)cc1)c1ccccc1N2. The van der Waals surface area contributed by atoms with E-state index in [1.807, 2.05) is 0 Å². The maximum Gasteiger partial charge on any atom is 0.0697 e. The number of para-hydroxylation sites is 2.